The molecule has 20 heavy (non-hydrogen) atoms. The average molecular weight is 297 g/mol. The second-order valence-electron chi connectivity index (χ2n) is 5.50. The third-order valence-corrected chi connectivity index (χ3v) is 4.37. The molecule has 0 aromatic heterocycles. The summed E-state index contributed by atoms with van der Waals surface area (Å²) in [6.45, 7) is 3.77. The maximum Gasteiger partial charge on any atom is 0.0590 e. The van der Waals surface area contributed by atoms with Crippen LogP contribution in [0.3, 0.4) is 0 Å². The van der Waals surface area contributed by atoms with Gasteiger partial charge in [-0.15, -0.1) is 0 Å². The maximum atomic E-state index is 6.42. The SMILES string of the molecule is CCC(N)C(c1ccccc1Cl)N(CCOC)C1CC1. The van der Waals surface area contributed by atoms with Crippen LogP contribution < -0.4 is 5.73 Å². The van der Waals surface area contributed by atoms with Crippen LogP contribution in [0, 0.1) is 0 Å². The standard InChI is InChI=1S/C16H25ClN2O/c1-3-15(18)16(13-6-4-5-7-14(13)17)19(10-11-20-2)12-8-9-12/h4-7,12,15-16H,3,8-11,18H2,1-2H3. The maximum absolute atomic E-state index is 6.42. The van der Waals surface area contributed by atoms with Crippen molar-refractivity contribution in [3.63, 3.8) is 0 Å². The quantitative estimate of drug-likeness (QED) is 0.800. The number of hydrogen-bond acceptors (Lipinski definition) is 3. The molecule has 1 aromatic carbocycles. The monoisotopic (exact) mass is 296 g/mol. The fourth-order valence-corrected chi connectivity index (χ4v) is 2.99. The summed E-state index contributed by atoms with van der Waals surface area (Å²) in [6.07, 6.45) is 3.44. The molecule has 3 nitrogen and oxygen atoms in total. The van der Waals surface area contributed by atoms with Gasteiger partial charge in [-0.05, 0) is 30.9 Å². The van der Waals surface area contributed by atoms with Crippen molar-refractivity contribution in [1.29, 1.82) is 0 Å². The van der Waals surface area contributed by atoms with E-state index < -0.39 is 0 Å². The Morgan fingerprint density at radius 1 is 1.40 bits per heavy atom. The summed E-state index contributed by atoms with van der Waals surface area (Å²) >= 11 is 6.41. The van der Waals surface area contributed by atoms with Crippen LogP contribution in [0.5, 0.6) is 0 Å². The number of nitrogens with two attached hydrogens (primary N) is 1. The minimum Gasteiger partial charge on any atom is -0.383 e. The highest BCUT2D eigenvalue weighted by molar-refractivity contribution is 6.31. The molecule has 0 radical (unpaired) electrons. The van der Waals surface area contributed by atoms with Gasteiger partial charge in [-0.1, -0.05) is 36.7 Å². The molecule has 4 heteroatoms. The van der Waals surface area contributed by atoms with Crippen LogP contribution in [0.2, 0.25) is 5.02 Å². The molecule has 1 fully saturated rings. The van der Waals surface area contributed by atoms with Gasteiger partial charge in [-0.3, -0.25) is 4.90 Å². The first kappa shape index (κ1) is 15.8. The molecule has 1 aromatic rings. The fraction of sp³-hybridized carbons (Fsp3) is 0.625. The Bertz CT molecular complexity index is 423. The van der Waals surface area contributed by atoms with Crippen molar-refractivity contribution < 1.29 is 4.74 Å². The lowest BCUT2D eigenvalue weighted by molar-refractivity contribution is 0.101. The van der Waals surface area contributed by atoms with Crippen molar-refractivity contribution in [1.82, 2.24) is 4.90 Å². The highest BCUT2D eigenvalue weighted by Crippen LogP contribution is 2.38. The van der Waals surface area contributed by atoms with Crippen molar-refractivity contribution in [2.24, 2.45) is 5.73 Å². The molecule has 2 atom stereocenters. The Morgan fingerprint density at radius 2 is 2.10 bits per heavy atom. The first-order valence-electron chi connectivity index (χ1n) is 7.43. The van der Waals surface area contributed by atoms with Crippen LogP contribution in [0.25, 0.3) is 0 Å². The Balaban J connectivity index is 2.27. The molecule has 2 N–H and O–H groups in total. The van der Waals surface area contributed by atoms with E-state index in [1.54, 1.807) is 7.11 Å². The van der Waals surface area contributed by atoms with E-state index in [0.29, 0.717) is 6.04 Å². The number of halogens is 1. The zero-order chi connectivity index (χ0) is 14.5. The lowest BCUT2D eigenvalue weighted by Gasteiger charge is -2.36. The van der Waals surface area contributed by atoms with Gasteiger partial charge >= 0.3 is 0 Å². The smallest absolute Gasteiger partial charge is 0.0590 e. The van der Waals surface area contributed by atoms with Crippen molar-refractivity contribution in [2.75, 3.05) is 20.3 Å². The molecule has 0 saturated heterocycles. The third kappa shape index (κ3) is 3.73. The summed E-state index contributed by atoms with van der Waals surface area (Å²) in [6, 6.07) is 8.96. The molecule has 0 amide bonds. The second kappa shape index (κ2) is 7.41. The molecule has 0 spiro atoms. The average Bonchev–Trinajstić information content (AvgIpc) is 3.28. The van der Waals surface area contributed by atoms with E-state index in [4.69, 9.17) is 22.1 Å². The molecule has 1 aliphatic carbocycles. The van der Waals surface area contributed by atoms with Gasteiger partial charge in [0.05, 0.1) is 12.6 Å². The predicted molar refractivity (Wildman–Crippen MR) is 84.1 cm³/mol. The van der Waals surface area contributed by atoms with Crippen LogP contribution in [-0.2, 0) is 4.74 Å². The van der Waals surface area contributed by atoms with Gasteiger partial charge in [-0.25, -0.2) is 0 Å². The van der Waals surface area contributed by atoms with Crippen molar-refractivity contribution >= 4 is 11.6 Å². The van der Waals surface area contributed by atoms with Gasteiger partial charge < -0.3 is 10.5 Å². The van der Waals surface area contributed by atoms with Crippen molar-refractivity contribution in [2.45, 2.75) is 44.3 Å². The molecule has 0 aliphatic heterocycles. The number of benzene rings is 1. The second-order valence-corrected chi connectivity index (χ2v) is 5.91. The van der Waals surface area contributed by atoms with Gasteiger partial charge in [0.2, 0.25) is 0 Å². The summed E-state index contributed by atoms with van der Waals surface area (Å²) in [5, 5.41) is 0.810. The van der Waals surface area contributed by atoms with E-state index in [1.807, 2.05) is 18.2 Å². The van der Waals surface area contributed by atoms with Crippen LogP contribution in [-0.4, -0.2) is 37.2 Å². The highest BCUT2D eigenvalue weighted by atomic mass is 35.5. The predicted octanol–water partition coefficient (Wildman–Crippen LogP) is 3.23. The van der Waals surface area contributed by atoms with Gasteiger partial charge in [0.15, 0.2) is 0 Å². The number of nitrogens with zero attached hydrogens (tertiary/aromatic N) is 1. The third-order valence-electron chi connectivity index (χ3n) is 4.03. The topological polar surface area (TPSA) is 38.5 Å². The Hall–Kier alpha value is -0.610. The Morgan fingerprint density at radius 3 is 2.65 bits per heavy atom. The van der Waals surface area contributed by atoms with Gasteiger partial charge in [0.25, 0.3) is 0 Å². The normalized spacial score (nSPS) is 18.2. The van der Waals surface area contributed by atoms with E-state index in [0.717, 1.165) is 30.2 Å². The Labute approximate surface area is 127 Å². The summed E-state index contributed by atoms with van der Waals surface area (Å²) < 4.78 is 5.26. The van der Waals surface area contributed by atoms with E-state index >= 15 is 0 Å². The Kier molecular flexibility index (Phi) is 5.85. The molecule has 2 unspecified atom stereocenters. The summed E-state index contributed by atoms with van der Waals surface area (Å²) in [7, 11) is 1.75. The lowest BCUT2D eigenvalue weighted by Crippen LogP contribution is -2.43. The zero-order valence-corrected chi connectivity index (χ0v) is 13.1. The number of methoxy groups -OCH3 is 1. The molecule has 1 saturated carbocycles. The number of rotatable bonds is 8. The number of hydrogen-bond donors (Lipinski definition) is 1. The van der Waals surface area contributed by atoms with E-state index in [-0.39, 0.29) is 12.1 Å². The van der Waals surface area contributed by atoms with Crippen LogP contribution >= 0.6 is 11.6 Å². The molecule has 0 heterocycles. The summed E-state index contributed by atoms with van der Waals surface area (Å²) in [4.78, 5) is 2.48. The fourth-order valence-electron chi connectivity index (χ4n) is 2.75. The highest BCUT2D eigenvalue weighted by Gasteiger charge is 2.37. The molecule has 112 valence electrons. The molecule has 1 aliphatic rings. The molecular weight excluding hydrogens is 272 g/mol. The largest absolute Gasteiger partial charge is 0.383 e. The van der Waals surface area contributed by atoms with Crippen LogP contribution in [0.1, 0.15) is 37.8 Å². The molecular formula is C16H25ClN2O. The van der Waals surface area contributed by atoms with Gasteiger partial charge in [0.1, 0.15) is 0 Å². The minimum absolute atomic E-state index is 0.0901. The number of ether oxygens (including phenoxy) is 1. The van der Waals surface area contributed by atoms with E-state index in [2.05, 4.69) is 17.9 Å². The molecule has 0 bridgehead atoms. The van der Waals surface area contributed by atoms with Crippen molar-refractivity contribution in [3.8, 4) is 0 Å². The summed E-state index contributed by atoms with van der Waals surface area (Å²) in [5.41, 5.74) is 7.56. The lowest BCUT2D eigenvalue weighted by atomic mass is 9.96. The van der Waals surface area contributed by atoms with Crippen LogP contribution in [0.15, 0.2) is 24.3 Å². The summed E-state index contributed by atoms with van der Waals surface area (Å²) in [5.74, 6) is 0. The molecule has 2 rings (SSSR count). The van der Waals surface area contributed by atoms with E-state index in [1.165, 1.54) is 12.8 Å². The van der Waals surface area contributed by atoms with Crippen molar-refractivity contribution in [3.05, 3.63) is 34.9 Å². The minimum atomic E-state index is 0.0901. The van der Waals surface area contributed by atoms with Gasteiger partial charge in [-0.2, -0.15) is 0 Å². The first-order valence-corrected chi connectivity index (χ1v) is 7.81. The van der Waals surface area contributed by atoms with E-state index in [9.17, 15) is 0 Å². The van der Waals surface area contributed by atoms with Gasteiger partial charge in [0, 0.05) is 30.8 Å². The zero-order valence-electron chi connectivity index (χ0n) is 12.4. The first-order chi connectivity index (χ1) is 9.69. The van der Waals surface area contributed by atoms with Crippen LogP contribution in [0.4, 0.5) is 0 Å².